The van der Waals surface area contributed by atoms with Gasteiger partial charge >= 0.3 is 12.0 Å². The highest BCUT2D eigenvalue weighted by Gasteiger charge is 2.27. The number of benzene rings is 1. The Morgan fingerprint density at radius 1 is 1.20 bits per heavy atom. The first-order valence-electron chi connectivity index (χ1n) is 8.77. The zero-order valence-corrected chi connectivity index (χ0v) is 15.6. The normalized spacial score (nSPS) is 16.0. The Labute approximate surface area is 150 Å². The molecular formula is C19H29N3O3. The molecule has 1 aromatic rings. The summed E-state index contributed by atoms with van der Waals surface area (Å²) >= 11 is 0. The Kier molecular flexibility index (Phi) is 6.42. The average molecular weight is 347 g/mol. The number of carbonyl (C=O) groups is 2. The molecule has 2 rings (SSSR count). The lowest BCUT2D eigenvalue weighted by molar-refractivity contribution is -0.156. The minimum atomic E-state index is -0.461. The number of rotatable bonds is 4. The number of nitrogens with one attached hydrogen (secondary N) is 1. The molecule has 1 heterocycles. The SMILES string of the molecule is CN(CC(=O)OC(C)(C)C)C1CCN(C(=O)Nc2ccccc2)CC1. The minimum Gasteiger partial charge on any atom is -0.459 e. The fraction of sp³-hybridized carbons (Fsp3) is 0.579. The van der Waals surface area contributed by atoms with Gasteiger partial charge in [-0.2, -0.15) is 0 Å². The van der Waals surface area contributed by atoms with Gasteiger partial charge in [0.1, 0.15) is 5.60 Å². The first kappa shape index (κ1) is 19.2. The molecule has 2 amide bonds. The van der Waals surface area contributed by atoms with Crippen LogP contribution in [-0.2, 0) is 9.53 Å². The van der Waals surface area contributed by atoms with E-state index >= 15 is 0 Å². The van der Waals surface area contributed by atoms with Crippen LogP contribution in [0.4, 0.5) is 10.5 Å². The van der Waals surface area contributed by atoms with Crippen molar-refractivity contribution in [1.82, 2.24) is 9.80 Å². The number of para-hydroxylation sites is 1. The number of amides is 2. The second-order valence-corrected chi connectivity index (χ2v) is 7.52. The molecule has 1 aliphatic heterocycles. The van der Waals surface area contributed by atoms with Crippen molar-refractivity contribution in [1.29, 1.82) is 0 Å². The topological polar surface area (TPSA) is 61.9 Å². The number of ether oxygens (including phenoxy) is 1. The zero-order valence-electron chi connectivity index (χ0n) is 15.6. The lowest BCUT2D eigenvalue weighted by Crippen LogP contribution is -2.48. The van der Waals surface area contributed by atoms with Crippen LogP contribution in [0.1, 0.15) is 33.6 Å². The van der Waals surface area contributed by atoms with Gasteiger partial charge in [0.25, 0.3) is 0 Å². The summed E-state index contributed by atoms with van der Waals surface area (Å²) in [4.78, 5) is 28.1. The van der Waals surface area contributed by atoms with E-state index < -0.39 is 5.60 Å². The number of likely N-dealkylation sites (N-methyl/N-ethyl adjacent to an activating group) is 1. The van der Waals surface area contributed by atoms with Crippen LogP contribution in [0, 0.1) is 0 Å². The molecule has 1 aromatic carbocycles. The third-order valence-electron chi connectivity index (χ3n) is 4.20. The van der Waals surface area contributed by atoms with E-state index in [0.717, 1.165) is 18.5 Å². The number of likely N-dealkylation sites (tertiary alicyclic amines) is 1. The van der Waals surface area contributed by atoms with Gasteiger partial charge in [0.2, 0.25) is 0 Å². The van der Waals surface area contributed by atoms with Gasteiger partial charge in [-0.15, -0.1) is 0 Å². The Balaban J connectivity index is 1.77. The van der Waals surface area contributed by atoms with Crippen LogP contribution in [-0.4, -0.2) is 60.1 Å². The van der Waals surface area contributed by atoms with Crippen LogP contribution in [0.5, 0.6) is 0 Å². The molecule has 6 heteroatoms. The number of nitrogens with zero attached hydrogens (tertiary/aromatic N) is 2. The molecule has 1 N–H and O–H groups in total. The lowest BCUT2D eigenvalue weighted by atomic mass is 10.0. The number of anilines is 1. The van der Waals surface area contributed by atoms with E-state index in [0.29, 0.717) is 13.1 Å². The molecule has 6 nitrogen and oxygen atoms in total. The largest absolute Gasteiger partial charge is 0.459 e. The maximum atomic E-state index is 12.3. The summed E-state index contributed by atoms with van der Waals surface area (Å²) in [5.41, 5.74) is 0.341. The van der Waals surface area contributed by atoms with Crippen LogP contribution in [0.3, 0.4) is 0 Å². The van der Waals surface area contributed by atoms with Crippen molar-refractivity contribution in [3.8, 4) is 0 Å². The van der Waals surface area contributed by atoms with Gasteiger partial charge in [0, 0.05) is 24.8 Å². The van der Waals surface area contributed by atoms with E-state index in [1.807, 2.05) is 68.0 Å². The smallest absolute Gasteiger partial charge is 0.321 e. The molecule has 0 bridgehead atoms. The summed E-state index contributed by atoms with van der Waals surface area (Å²) in [6, 6.07) is 9.67. The molecule has 1 saturated heterocycles. The van der Waals surface area contributed by atoms with Crippen molar-refractivity contribution in [3.63, 3.8) is 0 Å². The quantitative estimate of drug-likeness (QED) is 0.851. The van der Waals surface area contributed by atoms with E-state index in [1.165, 1.54) is 0 Å². The highest BCUT2D eigenvalue weighted by molar-refractivity contribution is 5.89. The average Bonchev–Trinajstić information content (AvgIpc) is 2.54. The third-order valence-corrected chi connectivity index (χ3v) is 4.20. The Morgan fingerprint density at radius 2 is 1.80 bits per heavy atom. The summed E-state index contributed by atoms with van der Waals surface area (Å²) < 4.78 is 5.37. The Morgan fingerprint density at radius 3 is 2.36 bits per heavy atom. The van der Waals surface area contributed by atoms with Crippen LogP contribution in [0.2, 0.25) is 0 Å². The molecule has 0 aromatic heterocycles. The maximum absolute atomic E-state index is 12.3. The number of carbonyl (C=O) groups excluding carboxylic acids is 2. The summed E-state index contributed by atoms with van der Waals surface area (Å²) in [5, 5.41) is 2.91. The Hall–Kier alpha value is -2.08. The molecule has 1 aliphatic rings. The third kappa shape index (κ3) is 6.38. The van der Waals surface area contributed by atoms with Gasteiger partial charge < -0.3 is 15.0 Å². The van der Waals surface area contributed by atoms with Gasteiger partial charge in [-0.25, -0.2) is 4.79 Å². The van der Waals surface area contributed by atoms with Crippen LogP contribution >= 0.6 is 0 Å². The summed E-state index contributed by atoms with van der Waals surface area (Å²) in [7, 11) is 1.94. The van der Waals surface area contributed by atoms with Gasteiger partial charge in [0.15, 0.2) is 0 Å². The van der Waals surface area contributed by atoms with Gasteiger partial charge in [-0.3, -0.25) is 9.69 Å². The number of hydrogen-bond donors (Lipinski definition) is 1. The summed E-state index contributed by atoms with van der Waals surface area (Å²) in [6.07, 6.45) is 1.70. The van der Waals surface area contributed by atoms with Crippen molar-refractivity contribution < 1.29 is 14.3 Å². The van der Waals surface area contributed by atoms with Crippen LogP contribution in [0.25, 0.3) is 0 Å². The molecule has 0 saturated carbocycles. The van der Waals surface area contributed by atoms with Crippen molar-refractivity contribution in [2.75, 3.05) is 32.0 Å². The lowest BCUT2D eigenvalue weighted by Gasteiger charge is -2.36. The first-order chi connectivity index (χ1) is 11.7. The molecule has 25 heavy (non-hydrogen) atoms. The highest BCUT2D eigenvalue weighted by atomic mass is 16.6. The van der Waals surface area contributed by atoms with Gasteiger partial charge in [0.05, 0.1) is 6.54 Å². The number of urea groups is 1. The second kappa shape index (κ2) is 8.34. The summed E-state index contributed by atoms with van der Waals surface area (Å²) in [5.74, 6) is -0.209. The number of hydrogen-bond acceptors (Lipinski definition) is 4. The fourth-order valence-corrected chi connectivity index (χ4v) is 2.94. The van der Waals surface area contributed by atoms with Crippen molar-refractivity contribution in [2.45, 2.75) is 45.3 Å². The van der Waals surface area contributed by atoms with Crippen molar-refractivity contribution in [3.05, 3.63) is 30.3 Å². The molecule has 0 atom stereocenters. The molecule has 0 unspecified atom stereocenters. The van der Waals surface area contributed by atoms with E-state index in [2.05, 4.69) is 5.32 Å². The van der Waals surface area contributed by atoms with Crippen LogP contribution < -0.4 is 5.32 Å². The maximum Gasteiger partial charge on any atom is 0.321 e. The van der Waals surface area contributed by atoms with E-state index in [1.54, 1.807) is 0 Å². The van der Waals surface area contributed by atoms with Gasteiger partial charge in [-0.1, -0.05) is 18.2 Å². The standard InChI is InChI=1S/C19H29N3O3/c1-19(2,3)25-17(23)14-21(4)16-10-12-22(13-11-16)18(24)20-15-8-6-5-7-9-15/h5-9,16H,10-14H2,1-4H3,(H,20,24). The Bertz CT molecular complexity index is 575. The van der Waals surface area contributed by atoms with Crippen molar-refractivity contribution >= 4 is 17.7 Å². The minimum absolute atomic E-state index is 0.0700. The predicted octanol–water partition coefficient (Wildman–Crippen LogP) is 2.96. The summed E-state index contributed by atoms with van der Waals surface area (Å²) in [6.45, 7) is 7.25. The second-order valence-electron chi connectivity index (χ2n) is 7.52. The number of esters is 1. The van der Waals surface area contributed by atoms with E-state index in [9.17, 15) is 9.59 Å². The monoisotopic (exact) mass is 347 g/mol. The van der Waals surface area contributed by atoms with Crippen LogP contribution in [0.15, 0.2) is 30.3 Å². The molecule has 138 valence electrons. The molecular weight excluding hydrogens is 318 g/mol. The zero-order chi connectivity index (χ0) is 18.4. The highest BCUT2D eigenvalue weighted by Crippen LogP contribution is 2.17. The van der Waals surface area contributed by atoms with E-state index in [-0.39, 0.29) is 24.6 Å². The number of piperidine rings is 1. The van der Waals surface area contributed by atoms with Crippen molar-refractivity contribution in [2.24, 2.45) is 0 Å². The molecule has 0 aliphatic carbocycles. The molecule has 0 radical (unpaired) electrons. The molecule has 0 spiro atoms. The van der Waals surface area contributed by atoms with E-state index in [4.69, 9.17) is 4.74 Å². The molecule has 1 fully saturated rings. The predicted molar refractivity (Wildman–Crippen MR) is 98.5 cm³/mol. The first-order valence-corrected chi connectivity index (χ1v) is 8.77. The fourth-order valence-electron chi connectivity index (χ4n) is 2.94. The van der Waals surface area contributed by atoms with Gasteiger partial charge in [-0.05, 0) is 52.8 Å².